The molecule has 0 aliphatic heterocycles. The maximum absolute atomic E-state index is 12.4. The van der Waals surface area contributed by atoms with E-state index in [4.69, 9.17) is 21.1 Å². The third kappa shape index (κ3) is 8.88. The summed E-state index contributed by atoms with van der Waals surface area (Å²) in [7, 11) is 0. The molecule has 33 heavy (non-hydrogen) atoms. The second-order valence-electron chi connectivity index (χ2n) is 9.72. The van der Waals surface area contributed by atoms with Crippen LogP contribution >= 0.6 is 11.6 Å². The minimum Gasteiger partial charge on any atom is -0.488 e. The first kappa shape index (κ1) is 26.4. The monoisotopic (exact) mass is 476 g/mol. The van der Waals surface area contributed by atoms with Crippen molar-refractivity contribution < 1.29 is 19.1 Å². The molecule has 0 bridgehead atoms. The van der Waals surface area contributed by atoms with Crippen molar-refractivity contribution in [3.05, 3.63) is 35.6 Å². The lowest BCUT2D eigenvalue weighted by atomic mass is 9.95. The highest BCUT2D eigenvalue weighted by atomic mass is 35.5. The molecule has 8 nitrogen and oxygen atoms in total. The van der Waals surface area contributed by atoms with Gasteiger partial charge in [-0.25, -0.2) is 14.8 Å². The van der Waals surface area contributed by atoms with Crippen molar-refractivity contribution >= 4 is 29.4 Å². The lowest BCUT2D eigenvalue weighted by molar-refractivity contribution is -0.114. The summed E-state index contributed by atoms with van der Waals surface area (Å²) in [4.78, 5) is 31.9. The molecular weight excluding hydrogens is 444 g/mol. The average Bonchev–Trinajstić information content (AvgIpc) is 2.64. The topological polar surface area (TPSA) is 102 Å². The summed E-state index contributed by atoms with van der Waals surface area (Å²) in [5.74, 6) is 0.934. The number of carbonyl (C=O) groups excluding carboxylic acids is 2. The van der Waals surface area contributed by atoms with E-state index in [-0.39, 0.29) is 18.4 Å². The van der Waals surface area contributed by atoms with Crippen LogP contribution in [0.25, 0.3) is 11.3 Å². The molecule has 1 heterocycles. The molecule has 2 N–H and O–H groups in total. The van der Waals surface area contributed by atoms with Gasteiger partial charge in [0.05, 0.1) is 10.7 Å². The molecule has 0 aliphatic rings. The summed E-state index contributed by atoms with van der Waals surface area (Å²) in [5, 5.41) is 5.83. The lowest BCUT2D eigenvalue weighted by Gasteiger charge is -2.32. The number of nitrogens with one attached hydrogen (secondary N) is 2. The maximum atomic E-state index is 12.4. The summed E-state index contributed by atoms with van der Waals surface area (Å²) in [6.07, 6.45) is 1.50. The maximum Gasteiger partial charge on any atom is 0.408 e. The number of amides is 2. The van der Waals surface area contributed by atoms with Crippen LogP contribution in [0.15, 0.2) is 30.6 Å². The second kappa shape index (κ2) is 10.8. The predicted octanol–water partition coefficient (Wildman–Crippen LogP) is 5.46. The van der Waals surface area contributed by atoms with Crippen LogP contribution < -0.4 is 15.4 Å². The van der Waals surface area contributed by atoms with Crippen molar-refractivity contribution in [3.63, 3.8) is 0 Å². The van der Waals surface area contributed by atoms with Gasteiger partial charge >= 0.3 is 6.09 Å². The van der Waals surface area contributed by atoms with Gasteiger partial charge in [-0.1, -0.05) is 25.4 Å². The number of alkyl carbamates (subject to hydrolysis) is 1. The zero-order valence-corrected chi connectivity index (χ0v) is 21.0. The van der Waals surface area contributed by atoms with E-state index in [1.807, 2.05) is 33.8 Å². The summed E-state index contributed by atoms with van der Waals surface area (Å²) in [6, 6.07) is 6.94. The number of aromatic nitrogens is 2. The van der Waals surface area contributed by atoms with Crippen LogP contribution in [-0.4, -0.2) is 39.7 Å². The van der Waals surface area contributed by atoms with Crippen LogP contribution in [0.3, 0.4) is 0 Å². The quantitative estimate of drug-likeness (QED) is 0.524. The van der Waals surface area contributed by atoms with E-state index in [2.05, 4.69) is 34.4 Å². The Morgan fingerprint density at radius 1 is 1.12 bits per heavy atom. The van der Waals surface area contributed by atoms with E-state index in [1.54, 1.807) is 18.2 Å². The van der Waals surface area contributed by atoms with Gasteiger partial charge in [-0.15, -0.1) is 0 Å². The van der Waals surface area contributed by atoms with Crippen LogP contribution in [0.5, 0.6) is 5.75 Å². The van der Waals surface area contributed by atoms with Crippen LogP contribution in [0.4, 0.5) is 10.6 Å². The molecule has 0 saturated heterocycles. The van der Waals surface area contributed by atoms with E-state index in [9.17, 15) is 9.59 Å². The summed E-state index contributed by atoms with van der Waals surface area (Å²) in [5.41, 5.74) is 0.100. The number of hydrogen-bond acceptors (Lipinski definition) is 6. The highest BCUT2D eigenvalue weighted by molar-refractivity contribution is 6.32. The van der Waals surface area contributed by atoms with Gasteiger partial charge in [0.2, 0.25) is 5.91 Å². The fraction of sp³-hybridized carbons (Fsp3) is 0.500. The molecule has 180 valence electrons. The normalized spacial score (nSPS) is 13.2. The fourth-order valence-electron chi connectivity index (χ4n) is 3.32. The zero-order chi connectivity index (χ0) is 24.8. The Balaban J connectivity index is 2.15. The first-order chi connectivity index (χ1) is 15.3. The summed E-state index contributed by atoms with van der Waals surface area (Å²) >= 11 is 6.47. The Kier molecular flexibility index (Phi) is 8.66. The summed E-state index contributed by atoms with van der Waals surface area (Å²) in [6.45, 7) is 13.2. The number of ether oxygens (including phenoxy) is 2. The Morgan fingerprint density at radius 3 is 2.39 bits per heavy atom. The third-order valence-electron chi connectivity index (χ3n) is 4.39. The molecule has 1 atom stereocenters. The number of benzene rings is 1. The van der Waals surface area contributed by atoms with Crippen LogP contribution in [0.2, 0.25) is 5.02 Å². The van der Waals surface area contributed by atoms with Crippen molar-refractivity contribution in [2.45, 2.75) is 66.0 Å². The van der Waals surface area contributed by atoms with Gasteiger partial charge in [-0.05, 0) is 58.2 Å². The number of hydrogen-bond donors (Lipinski definition) is 2. The van der Waals surface area contributed by atoms with Crippen molar-refractivity contribution in [3.8, 4) is 17.0 Å². The molecule has 1 aromatic carbocycles. The number of rotatable bonds is 8. The molecule has 2 rings (SSSR count). The standard InChI is InChI=1S/C24H33ClN4O4/c1-15(2)12-24(7,33-22(31)29-23(4,5)6)13-32-20-9-8-17(10-18(20)25)19-11-21(27-14-26-19)28-16(3)30/h8-11,14-15H,12-13H2,1-7H3,(H,29,31)(H,26,27,28,30)/t24-/m0/s1. The molecule has 9 heteroatoms. The van der Waals surface area contributed by atoms with Gasteiger partial charge in [0.25, 0.3) is 0 Å². The van der Waals surface area contributed by atoms with Gasteiger partial charge < -0.3 is 20.1 Å². The largest absolute Gasteiger partial charge is 0.488 e. The third-order valence-corrected chi connectivity index (χ3v) is 4.68. The Bertz CT molecular complexity index is 991. The highest BCUT2D eigenvalue weighted by Crippen LogP contribution is 2.32. The van der Waals surface area contributed by atoms with E-state index < -0.39 is 17.2 Å². The number of nitrogens with zero attached hydrogens (tertiary/aromatic N) is 2. The molecule has 0 radical (unpaired) electrons. The van der Waals surface area contributed by atoms with E-state index in [0.717, 1.165) is 5.56 Å². The average molecular weight is 477 g/mol. The first-order valence-corrected chi connectivity index (χ1v) is 11.2. The molecule has 0 saturated carbocycles. The molecular formula is C24H33ClN4O4. The number of anilines is 1. The van der Waals surface area contributed by atoms with Crippen molar-refractivity contribution in [2.75, 3.05) is 11.9 Å². The Hall–Kier alpha value is -2.87. The van der Waals surface area contributed by atoms with Crippen LogP contribution in [-0.2, 0) is 9.53 Å². The number of carbonyl (C=O) groups is 2. The Morgan fingerprint density at radius 2 is 1.82 bits per heavy atom. The SMILES string of the molecule is CC(=O)Nc1cc(-c2ccc(OC[C@](C)(CC(C)C)OC(=O)NC(C)(C)C)c(Cl)c2)ncn1. The minimum atomic E-state index is -0.842. The summed E-state index contributed by atoms with van der Waals surface area (Å²) < 4.78 is 11.7. The van der Waals surface area contributed by atoms with Crippen LogP contribution in [0, 0.1) is 5.92 Å². The van der Waals surface area contributed by atoms with Crippen molar-refractivity contribution in [1.29, 1.82) is 0 Å². The molecule has 0 fully saturated rings. The van der Waals surface area contributed by atoms with E-state index in [0.29, 0.717) is 28.7 Å². The van der Waals surface area contributed by atoms with Crippen molar-refractivity contribution in [1.82, 2.24) is 15.3 Å². The molecule has 2 amide bonds. The minimum absolute atomic E-state index is 0.141. The Labute approximate surface area is 200 Å². The predicted molar refractivity (Wildman–Crippen MR) is 130 cm³/mol. The van der Waals surface area contributed by atoms with Crippen LogP contribution in [0.1, 0.15) is 54.9 Å². The first-order valence-electron chi connectivity index (χ1n) is 10.8. The molecule has 1 aromatic heterocycles. The van der Waals surface area contributed by atoms with Gasteiger partial charge in [0, 0.05) is 24.1 Å². The van der Waals surface area contributed by atoms with Gasteiger partial charge in [-0.3, -0.25) is 4.79 Å². The van der Waals surface area contributed by atoms with Gasteiger partial charge in [-0.2, -0.15) is 0 Å². The smallest absolute Gasteiger partial charge is 0.408 e. The zero-order valence-electron chi connectivity index (χ0n) is 20.3. The van der Waals surface area contributed by atoms with Gasteiger partial charge in [0.1, 0.15) is 30.1 Å². The van der Waals surface area contributed by atoms with E-state index >= 15 is 0 Å². The van der Waals surface area contributed by atoms with Gasteiger partial charge in [0.15, 0.2) is 0 Å². The van der Waals surface area contributed by atoms with Crippen molar-refractivity contribution in [2.24, 2.45) is 5.92 Å². The fourth-order valence-corrected chi connectivity index (χ4v) is 3.56. The lowest BCUT2D eigenvalue weighted by Crippen LogP contribution is -2.47. The number of halogens is 1. The second-order valence-corrected chi connectivity index (χ2v) is 10.1. The molecule has 0 unspecified atom stereocenters. The molecule has 0 aliphatic carbocycles. The van der Waals surface area contributed by atoms with E-state index in [1.165, 1.54) is 13.3 Å². The highest BCUT2D eigenvalue weighted by Gasteiger charge is 2.32. The molecule has 2 aromatic rings. The molecule has 0 spiro atoms.